The molecule has 2 aromatic carbocycles. The van der Waals surface area contributed by atoms with E-state index in [1.54, 1.807) is 6.21 Å². The predicted octanol–water partition coefficient (Wildman–Crippen LogP) is 4.57. The maximum atomic E-state index is 12.2. The van der Waals surface area contributed by atoms with E-state index in [9.17, 15) is 4.79 Å². The molecular formula is C25H32N6OS. The number of rotatable bonds is 8. The molecule has 0 unspecified atom stereocenters. The molecule has 0 aliphatic carbocycles. The van der Waals surface area contributed by atoms with Gasteiger partial charge in [0, 0.05) is 31.9 Å². The Morgan fingerprint density at radius 1 is 1.09 bits per heavy atom. The Hall–Kier alpha value is -3.13. The van der Waals surface area contributed by atoms with Crippen LogP contribution < -0.4 is 10.3 Å². The molecule has 7 nitrogen and oxygen atoms in total. The van der Waals surface area contributed by atoms with Crippen LogP contribution >= 0.6 is 11.8 Å². The van der Waals surface area contributed by atoms with Crippen molar-refractivity contribution in [3.8, 4) is 11.4 Å². The second kappa shape index (κ2) is 10.7. The van der Waals surface area contributed by atoms with E-state index >= 15 is 0 Å². The second-order valence-corrected chi connectivity index (χ2v) is 9.89. The number of hydrogen-bond donors (Lipinski definition) is 1. The van der Waals surface area contributed by atoms with Crippen molar-refractivity contribution in [1.82, 2.24) is 20.2 Å². The van der Waals surface area contributed by atoms with E-state index in [0.29, 0.717) is 11.7 Å². The first-order valence-corrected chi connectivity index (χ1v) is 11.9. The molecule has 0 fully saturated rings. The number of aromatic nitrogens is 3. The predicted molar refractivity (Wildman–Crippen MR) is 137 cm³/mol. The summed E-state index contributed by atoms with van der Waals surface area (Å²) in [6.07, 6.45) is 1.63. The van der Waals surface area contributed by atoms with Crippen LogP contribution in [0.25, 0.3) is 11.4 Å². The van der Waals surface area contributed by atoms with Crippen molar-refractivity contribution in [2.75, 3.05) is 24.7 Å². The summed E-state index contributed by atoms with van der Waals surface area (Å²) < 4.78 is 2.03. The van der Waals surface area contributed by atoms with Crippen LogP contribution in [0.3, 0.4) is 0 Å². The van der Waals surface area contributed by atoms with Crippen LogP contribution in [0.1, 0.15) is 38.8 Å². The SMILES string of the molecule is CCn1c(SCC(=O)NN=Cc2ccc(N(C)C)cc2)nnc1-c1ccc(C(C)(C)C)cc1. The van der Waals surface area contributed by atoms with Crippen molar-refractivity contribution >= 4 is 29.6 Å². The van der Waals surface area contributed by atoms with E-state index in [2.05, 4.69) is 65.8 Å². The van der Waals surface area contributed by atoms with Crippen LogP contribution in [-0.4, -0.2) is 46.7 Å². The molecule has 1 amide bonds. The summed E-state index contributed by atoms with van der Waals surface area (Å²) in [7, 11) is 3.98. The van der Waals surface area contributed by atoms with Gasteiger partial charge in [-0.3, -0.25) is 4.79 Å². The summed E-state index contributed by atoms with van der Waals surface area (Å²) in [5.41, 5.74) is 6.99. The van der Waals surface area contributed by atoms with Gasteiger partial charge in [0.15, 0.2) is 11.0 Å². The Balaban J connectivity index is 1.59. The van der Waals surface area contributed by atoms with Gasteiger partial charge in [-0.25, -0.2) is 5.43 Å². The Labute approximate surface area is 200 Å². The number of nitrogens with zero attached hydrogens (tertiary/aromatic N) is 5. The van der Waals surface area contributed by atoms with Crippen molar-refractivity contribution in [3.05, 3.63) is 59.7 Å². The highest BCUT2D eigenvalue weighted by Crippen LogP contribution is 2.27. The number of thioether (sulfide) groups is 1. The molecule has 33 heavy (non-hydrogen) atoms. The molecule has 0 spiro atoms. The number of benzene rings is 2. The van der Waals surface area contributed by atoms with Gasteiger partial charge in [-0.05, 0) is 35.6 Å². The highest BCUT2D eigenvalue weighted by Gasteiger charge is 2.17. The van der Waals surface area contributed by atoms with Gasteiger partial charge >= 0.3 is 0 Å². The fraction of sp³-hybridized carbons (Fsp3) is 0.360. The van der Waals surface area contributed by atoms with Crippen LogP contribution in [0.15, 0.2) is 58.8 Å². The Morgan fingerprint density at radius 3 is 2.33 bits per heavy atom. The van der Waals surface area contributed by atoms with Crippen molar-refractivity contribution in [2.24, 2.45) is 5.10 Å². The second-order valence-electron chi connectivity index (χ2n) is 8.95. The maximum Gasteiger partial charge on any atom is 0.250 e. The monoisotopic (exact) mass is 464 g/mol. The van der Waals surface area contributed by atoms with Crippen molar-refractivity contribution in [1.29, 1.82) is 0 Å². The van der Waals surface area contributed by atoms with Gasteiger partial charge in [0.25, 0.3) is 5.91 Å². The van der Waals surface area contributed by atoms with Crippen LogP contribution in [0.2, 0.25) is 0 Å². The highest BCUT2D eigenvalue weighted by molar-refractivity contribution is 7.99. The third kappa shape index (κ3) is 6.44. The Kier molecular flexibility index (Phi) is 7.92. The van der Waals surface area contributed by atoms with Crippen LogP contribution in [-0.2, 0) is 16.8 Å². The summed E-state index contributed by atoms with van der Waals surface area (Å²) in [5, 5.41) is 13.5. The van der Waals surface area contributed by atoms with E-state index in [1.807, 2.05) is 54.8 Å². The molecule has 1 aromatic heterocycles. The first kappa shape index (κ1) is 24.5. The normalized spacial score (nSPS) is 11.7. The zero-order valence-electron chi connectivity index (χ0n) is 20.2. The lowest BCUT2D eigenvalue weighted by atomic mass is 9.87. The summed E-state index contributed by atoms with van der Waals surface area (Å²) in [6, 6.07) is 16.4. The third-order valence-corrected chi connectivity index (χ3v) is 6.15. The molecule has 0 radical (unpaired) electrons. The molecule has 0 saturated heterocycles. The fourth-order valence-corrected chi connectivity index (χ4v) is 4.01. The minimum atomic E-state index is -0.192. The van der Waals surface area contributed by atoms with Gasteiger partial charge in [0.2, 0.25) is 0 Å². The lowest BCUT2D eigenvalue weighted by Gasteiger charge is -2.19. The minimum Gasteiger partial charge on any atom is -0.378 e. The number of hydrogen-bond acceptors (Lipinski definition) is 6. The Morgan fingerprint density at radius 2 is 1.76 bits per heavy atom. The van der Waals surface area contributed by atoms with E-state index in [4.69, 9.17) is 0 Å². The number of amides is 1. The molecule has 3 aromatic rings. The molecule has 3 rings (SSSR count). The molecule has 0 aliphatic heterocycles. The van der Waals surface area contributed by atoms with Crippen LogP contribution in [0.4, 0.5) is 5.69 Å². The fourth-order valence-electron chi connectivity index (χ4n) is 3.21. The molecule has 0 aliphatic rings. The van der Waals surface area contributed by atoms with Gasteiger partial charge in [-0.2, -0.15) is 5.10 Å². The summed E-state index contributed by atoms with van der Waals surface area (Å²) in [6.45, 7) is 9.35. The highest BCUT2D eigenvalue weighted by atomic mass is 32.2. The maximum absolute atomic E-state index is 12.2. The molecule has 0 bridgehead atoms. The van der Waals surface area contributed by atoms with Crippen LogP contribution in [0.5, 0.6) is 0 Å². The number of hydrazone groups is 1. The molecule has 1 N–H and O–H groups in total. The van der Waals surface area contributed by atoms with Crippen molar-refractivity contribution < 1.29 is 4.79 Å². The molecule has 8 heteroatoms. The van der Waals surface area contributed by atoms with E-state index < -0.39 is 0 Å². The van der Waals surface area contributed by atoms with E-state index in [1.165, 1.54) is 17.3 Å². The average molecular weight is 465 g/mol. The van der Waals surface area contributed by atoms with Gasteiger partial charge in [0.1, 0.15) is 0 Å². The molecular weight excluding hydrogens is 432 g/mol. The average Bonchev–Trinajstić information content (AvgIpc) is 3.20. The van der Waals surface area contributed by atoms with E-state index in [0.717, 1.165) is 22.6 Å². The summed E-state index contributed by atoms with van der Waals surface area (Å²) in [4.78, 5) is 14.3. The van der Waals surface area contributed by atoms with Crippen molar-refractivity contribution in [3.63, 3.8) is 0 Å². The van der Waals surface area contributed by atoms with Gasteiger partial charge in [-0.15, -0.1) is 10.2 Å². The van der Waals surface area contributed by atoms with Gasteiger partial charge < -0.3 is 9.47 Å². The zero-order chi connectivity index (χ0) is 24.0. The lowest BCUT2D eigenvalue weighted by molar-refractivity contribution is -0.118. The largest absolute Gasteiger partial charge is 0.378 e. The third-order valence-electron chi connectivity index (χ3n) is 5.19. The molecule has 0 saturated carbocycles. The minimum absolute atomic E-state index is 0.101. The van der Waals surface area contributed by atoms with Crippen molar-refractivity contribution in [2.45, 2.75) is 44.8 Å². The molecule has 0 atom stereocenters. The van der Waals surface area contributed by atoms with Crippen LogP contribution in [0, 0.1) is 0 Å². The summed E-state index contributed by atoms with van der Waals surface area (Å²) >= 11 is 1.35. The Bertz CT molecular complexity index is 1100. The lowest BCUT2D eigenvalue weighted by Crippen LogP contribution is -2.20. The summed E-state index contributed by atoms with van der Waals surface area (Å²) in [5.74, 6) is 0.820. The number of anilines is 1. The zero-order valence-corrected chi connectivity index (χ0v) is 21.0. The topological polar surface area (TPSA) is 75.4 Å². The molecule has 1 heterocycles. The molecule has 174 valence electrons. The standard InChI is InChI=1S/C25H32N6OS/c1-7-31-23(19-10-12-20(13-11-19)25(2,3)4)28-29-24(31)33-17-22(32)27-26-16-18-8-14-21(15-9-18)30(5)6/h8-16H,7,17H2,1-6H3,(H,27,32). The quantitative estimate of drug-likeness (QED) is 0.300. The smallest absolute Gasteiger partial charge is 0.250 e. The number of nitrogens with one attached hydrogen (secondary N) is 1. The van der Waals surface area contributed by atoms with Gasteiger partial charge in [-0.1, -0.05) is 68.9 Å². The number of carbonyl (C=O) groups is 1. The first-order valence-electron chi connectivity index (χ1n) is 10.9. The van der Waals surface area contributed by atoms with Gasteiger partial charge in [0.05, 0.1) is 12.0 Å². The first-order chi connectivity index (χ1) is 15.7. The number of carbonyl (C=O) groups excluding carboxylic acids is 1. The van der Waals surface area contributed by atoms with E-state index in [-0.39, 0.29) is 17.1 Å².